The van der Waals surface area contributed by atoms with Gasteiger partial charge < -0.3 is 15.8 Å². The summed E-state index contributed by atoms with van der Waals surface area (Å²) < 4.78 is 4.81. The van der Waals surface area contributed by atoms with E-state index in [1.54, 1.807) is 12.3 Å². The highest BCUT2D eigenvalue weighted by molar-refractivity contribution is 6.39. The predicted octanol–water partition coefficient (Wildman–Crippen LogP) is 5.53. The quantitative estimate of drug-likeness (QED) is 0.261. The second kappa shape index (κ2) is 9.70. The Morgan fingerprint density at radius 2 is 1.86 bits per heavy atom. The topological polar surface area (TPSA) is 93.4 Å². The summed E-state index contributed by atoms with van der Waals surface area (Å²) in [6.07, 6.45) is 3.57. The van der Waals surface area contributed by atoms with Crippen LogP contribution >= 0.6 is 23.2 Å². The second-order valence-corrected chi connectivity index (χ2v) is 9.25. The van der Waals surface area contributed by atoms with Gasteiger partial charge in [0, 0.05) is 48.5 Å². The van der Waals surface area contributed by atoms with E-state index in [4.69, 9.17) is 33.7 Å². The van der Waals surface area contributed by atoms with Crippen LogP contribution in [0.25, 0.3) is 22.0 Å². The zero-order valence-corrected chi connectivity index (χ0v) is 20.5. The summed E-state index contributed by atoms with van der Waals surface area (Å²) in [6.45, 7) is 2.11. The van der Waals surface area contributed by atoms with Crippen molar-refractivity contribution >= 4 is 57.3 Å². The van der Waals surface area contributed by atoms with Gasteiger partial charge in [0.1, 0.15) is 5.52 Å². The molecule has 2 aromatic carbocycles. The van der Waals surface area contributed by atoms with Crippen molar-refractivity contribution in [3.05, 3.63) is 76.5 Å². The molecular weight excluding hydrogens is 485 g/mol. The lowest BCUT2D eigenvalue weighted by atomic mass is 9.99. The molecule has 4 aromatic rings. The number of hydrogen-bond donors (Lipinski definition) is 2. The molecule has 5 rings (SSSR count). The molecule has 0 amide bonds. The second-order valence-electron chi connectivity index (χ2n) is 8.49. The number of anilines is 3. The SMILES string of the molecule is COC(=O)C1CN(Cc2cnc3c(Nc4cccc(-c5cccc(N)c5Cl)c4Cl)nccc3c2)C1. The summed E-state index contributed by atoms with van der Waals surface area (Å²) in [5, 5.41) is 5.25. The third-order valence-corrected chi connectivity index (χ3v) is 6.95. The number of hydrogen-bond acceptors (Lipinski definition) is 7. The van der Waals surface area contributed by atoms with Crippen LogP contribution in [0, 0.1) is 5.92 Å². The minimum atomic E-state index is -0.152. The predicted molar refractivity (Wildman–Crippen MR) is 140 cm³/mol. The number of rotatable bonds is 6. The number of halogens is 2. The van der Waals surface area contributed by atoms with Gasteiger partial charge in [-0.1, -0.05) is 47.5 Å². The van der Waals surface area contributed by atoms with Gasteiger partial charge in [0.15, 0.2) is 5.82 Å². The average Bonchev–Trinajstić information content (AvgIpc) is 2.84. The van der Waals surface area contributed by atoms with Gasteiger partial charge in [0.05, 0.1) is 34.4 Å². The Hall–Kier alpha value is -3.39. The molecule has 178 valence electrons. The molecule has 0 unspecified atom stereocenters. The molecule has 0 spiro atoms. The van der Waals surface area contributed by atoms with Crippen LogP contribution in [0.5, 0.6) is 0 Å². The summed E-state index contributed by atoms with van der Waals surface area (Å²) in [4.78, 5) is 23.0. The zero-order valence-electron chi connectivity index (χ0n) is 19.0. The number of carbonyl (C=O) groups excluding carboxylic acids is 1. The van der Waals surface area contributed by atoms with Crippen LogP contribution in [0.15, 0.2) is 60.9 Å². The Kier molecular flexibility index (Phi) is 6.47. The van der Waals surface area contributed by atoms with Crippen molar-refractivity contribution in [2.75, 3.05) is 31.2 Å². The van der Waals surface area contributed by atoms with E-state index in [0.717, 1.165) is 34.1 Å². The normalized spacial score (nSPS) is 14.0. The molecule has 1 aliphatic rings. The van der Waals surface area contributed by atoms with E-state index in [9.17, 15) is 4.79 Å². The monoisotopic (exact) mass is 507 g/mol. The standard InChI is InChI=1S/C26H23Cl2N5O2/c1-35-26(34)17-13-33(14-17)12-15-10-16-8-9-30-25(24(16)31-11-15)32-21-7-3-5-19(23(21)28)18-4-2-6-20(29)22(18)27/h2-11,17H,12-14,29H2,1H3,(H,30,32). The van der Waals surface area contributed by atoms with Gasteiger partial charge in [-0.2, -0.15) is 0 Å². The maximum absolute atomic E-state index is 11.6. The van der Waals surface area contributed by atoms with Gasteiger partial charge in [-0.3, -0.25) is 14.7 Å². The van der Waals surface area contributed by atoms with Gasteiger partial charge in [0.2, 0.25) is 0 Å². The van der Waals surface area contributed by atoms with Gasteiger partial charge in [-0.25, -0.2) is 4.98 Å². The van der Waals surface area contributed by atoms with Crippen LogP contribution in [-0.2, 0) is 16.1 Å². The number of nitrogens with zero attached hydrogens (tertiary/aromatic N) is 3. The van der Waals surface area contributed by atoms with E-state index < -0.39 is 0 Å². The number of aromatic nitrogens is 2. The number of carbonyl (C=O) groups is 1. The third-order valence-electron chi connectivity index (χ3n) is 6.12. The van der Waals surface area contributed by atoms with Gasteiger partial charge in [-0.05, 0) is 29.8 Å². The highest BCUT2D eigenvalue weighted by atomic mass is 35.5. The van der Waals surface area contributed by atoms with Crippen LogP contribution in [0.1, 0.15) is 5.56 Å². The minimum absolute atomic E-state index is 0.0452. The zero-order chi connectivity index (χ0) is 24.5. The molecule has 35 heavy (non-hydrogen) atoms. The molecule has 0 atom stereocenters. The average molecular weight is 508 g/mol. The lowest BCUT2D eigenvalue weighted by Gasteiger charge is -2.37. The molecule has 0 saturated carbocycles. The number of ether oxygens (including phenoxy) is 1. The molecule has 1 aliphatic heterocycles. The molecule has 1 saturated heterocycles. The minimum Gasteiger partial charge on any atom is -0.469 e. The molecule has 9 heteroatoms. The number of nitrogens with one attached hydrogen (secondary N) is 1. The van der Waals surface area contributed by atoms with E-state index in [-0.39, 0.29) is 11.9 Å². The van der Waals surface area contributed by atoms with Crippen LogP contribution in [0.2, 0.25) is 10.0 Å². The molecule has 3 heterocycles. The van der Waals surface area contributed by atoms with Crippen molar-refractivity contribution in [2.45, 2.75) is 6.54 Å². The molecule has 0 radical (unpaired) electrons. The highest BCUT2D eigenvalue weighted by Gasteiger charge is 2.33. The molecule has 0 aliphatic carbocycles. The maximum atomic E-state index is 11.6. The summed E-state index contributed by atoms with van der Waals surface area (Å²) in [6, 6.07) is 15.2. The number of esters is 1. The van der Waals surface area contributed by atoms with Crippen molar-refractivity contribution in [1.82, 2.24) is 14.9 Å². The number of nitrogen functional groups attached to an aromatic ring is 1. The smallest absolute Gasteiger partial charge is 0.311 e. The number of likely N-dealkylation sites (tertiary alicyclic amines) is 1. The molecule has 7 nitrogen and oxygen atoms in total. The number of methoxy groups -OCH3 is 1. The van der Waals surface area contributed by atoms with Crippen molar-refractivity contribution in [3.8, 4) is 11.1 Å². The Labute approximate surface area is 212 Å². The first-order valence-corrected chi connectivity index (χ1v) is 11.8. The summed E-state index contributed by atoms with van der Waals surface area (Å²) in [5.41, 5.74) is 10.5. The van der Waals surface area contributed by atoms with Crippen molar-refractivity contribution in [1.29, 1.82) is 0 Å². The highest BCUT2D eigenvalue weighted by Crippen LogP contribution is 2.40. The van der Waals surface area contributed by atoms with E-state index in [1.165, 1.54) is 7.11 Å². The van der Waals surface area contributed by atoms with E-state index in [0.29, 0.717) is 40.3 Å². The van der Waals surface area contributed by atoms with Crippen molar-refractivity contribution in [3.63, 3.8) is 0 Å². The van der Waals surface area contributed by atoms with E-state index in [1.807, 2.05) is 42.6 Å². The van der Waals surface area contributed by atoms with Crippen LogP contribution in [0.4, 0.5) is 17.2 Å². The Morgan fingerprint density at radius 3 is 2.63 bits per heavy atom. The maximum Gasteiger partial charge on any atom is 0.311 e. The fourth-order valence-corrected chi connectivity index (χ4v) is 4.78. The first-order valence-electron chi connectivity index (χ1n) is 11.1. The Balaban J connectivity index is 1.38. The first-order chi connectivity index (χ1) is 16.9. The summed E-state index contributed by atoms with van der Waals surface area (Å²) >= 11 is 13.2. The molecule has 1 fully saturated rings. The summed E-state index contributed by atoms with van der Waals surface area (Å²) in [7, 11) is 1.42. The Morgan fingerprint density at radius 1 is 1.11 bits per heavy atom. The van der Waals surface area contributed by atoms with Gasteiger partial charge in [-0.15, -0.1) is 0 Å². The van der Waals surface area contributed by atoms with Crippen molar-refractivity contribution < 1.29 is 9.53 Å². The number of nitrogens with two attached hydrogens (primary N) is 1. The molecular formula is C26H23Cl2N5O2. The van der Waals surface area contributed by atoms with Crippen molar-refractivity contribution in [2.24, 2.45) is 5.92 Å². The fraction of sp³-hybridized carbons (Fsp3) is 0.192. The van der Waals surface area contributed by atoms with Gasteiger partial charge >= 0.3 is 5.97 Å². The van der Waals surface area contributed by atoms with E-state index in [2.05, 4.69) is 26.3 Å². The molecule has 3 N–H and O–H groups in total. The van der Waals surface area contributed by atoms with Crippen LogP contribution < -0.4 is 11.1 Å². The number of benzene rings is 2. The lowest BCUT2D eigenvalue weighted by Crippen LogP contribution is -2.49. The first kappa shape index (κ1) is 23.4. The van der Waals surface area contributed by atoms with Crippen LogP contribution in [0.3, 0.4) is 0 Å². The number of pyridine rings is 2. The largest absolute Gasteiger partial charge is 0.469 e. The number of fused-ring (bicyclic) bond motifs is 1. The van der Waals surface area contributed by atoms with E-state index >= 15 is 0 Å². The fourth-order valence-electron chi connectivity index (χ4n) is 4.28. The molecule has 0 bridgehead atoms. The molecule has 2 aromatic heterocycles. The lowest BCUT2D eigenvalue weighted by molar-refractivity contribution is -0.151. The Bertz CT molecular complexity index is 1420. The van der Waals surface area contributed by atoms with Crippen LogP contribution in [-0.4, -0.2) is 41.0 Å². The summed E-state index contributed by atoms with van der Waals surface area (Å²) in [5.74, 6) is 0.401. The van der Waals surface area contributed by atoms with Gasteiger partial charge in [0.25, 0.3) is 0 Å². The third kappa shape index (κ3) is 4.62.